The van der Waals surface area contributed by atoms with Crippen molar-refractivity contribution in [1.82, 2.24) is 14.9 Å². The molecule has 0 atom stereocenters. The summed E-state index contributed by atoms with van der Waals surface area (Å²) in [5.41, 5.74) is 3.58. The van der Waals surface area contributed by atoms with Crippen molar-refractivity contribution < 1.29 is 0 Å². The zero-order valence-corrected chi connectivity index (χ0v) is 12.5. The predicted molar refractivity (Wildman–Crippen MR) is 81.3 cm³/mol. The van der Waals surface area contributed by atoms with E-state index in [-0.39, 0.29) is 0 Å². The highest BCUT2D eigenvalue weighted by Gasteiger charge is 2.09. The van der Waals surface area contributed by atoms with Gasteiger partial charge in [-0.2, -0.15) is 0 Å². The molecular formula is C15H21N3S. The van der Waals surface area contributed by atoms with Gasteiger partial charge in [-0.3, -0.25) is 0 Å². The Morgan fingerprint density at radius 3 is 2.58 bits per heavy atom. The minimum Gasteiger partial charge on any atom is -0.312 e. The first-order chi connectivity index (χ1) is 9.35. The van der Waals surface area contributed by atoms with Crippen LogP contribution >= 0.6 is 11.5 Å². The molecule has 1 aromatic carbocycles. The van der Waals surface area contributed by atoms with Crippen LogP contribution in [0.4, 0.5) is 0 Å². The molecular weight excluding hydrogens is 254 g/mol. The lowest BCUT2D eigenvalue weighted by molar-refractivity contribution is 0.681. The Kier molecular flexibility index (Phi) is 5.48. The average molecular weight is 275 g/mol. The van der Waals surface area contributed by atoms with Crippen LogP contribution in [-0.2, 0) is 13.0 Å². The summed E-state index contributed by atoms with van der Waals surface area (Å²) < 4.78 is 4.09. The fourth-order valence-corrected chi connectivity index (χ4v) is 2.67. The van der Waals surface area contributed by atoms with Crippen molar-refractivity contribution in [1.29, 1.82) is 0 Å². The zero-order chi connectivity index (χ0) is 13.5. The van der Waals surface area contributed by atoms with E-state index >= 15 is 0 Å². The minimum atomic E-state index is 0.859. The Labute approximate surface area is 119 Å². The molecule has 0 unspecified atom stereocenters. The molecule has 102 valence electrons. The molecule has 0 radical (unpaired) electrons. The van der Waals surface area contributed by atoms with Crippen LogP contribution in [0.2, 0.25) is 0 Å². The van der Waals surface area contributed by atoms with E-state index in [0.29, 0.717) is 0 Å². The van der Waals surface area contributed by atoms with E-state index in [0.717, 1.165) is 31.6 Å². The van der Waals surface area contributed by atoms with Gasteiger partial charge in [-0.25, -0.2) is 0 Å². The van der Waals surface area contributed by atoms with Gasteiger partial charge in [0, 0.05) is 12.1 Å². The Morgan fingerprint density at radius 2 is 1.89 bits per heavy atom. The van der Waals surface area contributed by atoms with E-state index in [1.54, 1.807) is 0 Å². The Hall–Kier alpha value is -1.26. The zero-order valence-electron chi connectivity index (χ0n) is 11.6. The summed E-state index contributed by atoms with van der Waals surface area (Å²) in [5.74, 6) is 0. The molecule has 0 aliphatic carbocycles. The first kappa shape index (κ1) is 14.2. The van der Waals surface area contributed by atoms with E-state index in [1.165, 1.54) is 34.0 Å². The number of aromatic nitrogens is 2. The molecule has 0 aliphatic heterocycles. The standard InChI is InChI=1S/C15H21N3S/c1-3-5-12-6-8-13(9-7-12)15-14(19-18-17-15)11-16-10-4-2/h6-9,16H,3-5,10-11H2,1-2H3. The summed E-state index contributed by atoms with van der Waals surface area (Å²) in [6, 6.07) is 8.71. The molecule has 2 aromatic rings. The second-order valence-electron chi connectivity index (χ2n) is 4.67. The van der Waals surface area contributed by atoms with Crippen LogP contribution in [0.3, 0.4) is 0 Å². The van der Waals surface area contributed by atoms with Crippen LogP contribution in [0.1, 0.15) is 37.1 Å². The molecule has 3 nitrogen and oxygen atoms in total. The van der Waals surface area contributed by atoms with Crippen LogP contribution in [0.5, 0.6) is 0 Å². The molecule has 0 amide bonds. The van der Waals surface area contributed by atoms with E-state index in [2.05, 4.69) is 53.0 Å². The third-order valence-corrected chi connectivity index (χ3v) is 3.76. The van der Waals surface area contributed by atoms with Crippen molar-refractivity contribution in [3.63, 3.8) is 0 Å². The van der Waals surface area contributed by atoms with Crippen molar-refractivity contribution in [3.8, 4) is 11.3 Å². The van der Waals surface area contributed by atoms with Crippen molar-refractivity contribution in [2.45, 2.75) is 39.7 Å². The maximum Gasteiger partial charge on any atom is 0.110 e. The maximum atomic E-state index is 4.27. The normalized spacial score (nSPS) is 10.8. The molecule has 0 aliphatic rings. The second-order valence-corrected chi connectivity index (χ2v) is 5.51. The van der Waals surface area contributed by atoms with Gasteiger partial charge in [0.25, 0.3) is 0 Å². The largest absolute Gasteiger partial charge is 0.312 e. The van der Waals surface area contributed by atoms with Gasteiger partial charge in [-0.05, 0) is 36.5 Å². The summed E-state index contributed by atoms with van der Waals surface area (Å²) in [6.45, 7) is 6.27. The van der Waals surface area contributed by atoms with Crippen LogP contribution < -0.4 is 5.32 Å². The molecule has 0 spiro atoms. The third kappa shape index (κ3) is 3.85. The van der Waals surface area contributed by atoms with E-state index in [1.807, 2.05) is 0 Å². The lowest BCUT2D eigenvalue weighted by atomic mass is 10.1. The number of nitrogens with one attached hydrogen (secondary N) is 1. The number of hydrogen-bond acceptors (Lipinski definition) is 4. The quantitative estimate of drug-likeness (QED) is 0.784. The second kappa shape index (κ2) is 7.36. The van der Waals surface area contributed by atoms with Crippen molar-refractivity contribution in [2.24, 2.45) is 0 Å². The van der Waals surface area contributed by atoms with Gasteiger partial charge in [-0.15, -0.1) is 5.10 Å². The van der Waals surface area contributed by atoms with Crippen molar-refractivity contribution in [2.75, 3.05) is 6.54 Å². The lowest BCUT2D eigenvalue weighted by Crippen LogP contribution is -2.13. The van der Waals surface area contributed by atoms with E-state index in [4.69, 9.17) is 0 Å². The molecule has 1 heterocycles. The highest BCUT2D eigenvalue weighted by molar-refractivity contribution is 7.05. The van der Waals surface area contributed by atoms with Crippen LogP contribution in [0.25, 0.3) is 11.3 Å². The molecule has 0 bridgehead atoms. The molecule has 19 heavy (non-hydrogen) atoms. The molecule has 1 N–H and O–H groups in total. The monoisotopic (exact) mass is 275 g/mol. The summed E-state index contributed by atoms with van der Waals surface area (Å²) in [6.07, 6.45) is 3.47. The first-order valence-corrected chi connectivity index (χ1v) is 7.73. The van der Waals surface area contributed by atoms with Gasteiger partial charge in [-0.1, -0.05) is 49.0 Å². The van der Waals surface area contributed by atoms with Gasteiger partial charge in [0.05, 0.1) is 4.88 Å². The molecule has 0 fully saturated rings. The lowest BCUT2D eigenvalue weighted by Gasteiger charge is -2.04. The van der Waals surface area contributed by atoms with Crippen LogP contribution in [0, 0.1) is 0 Å². The van der Waals surface area contributed by atoms with Gasteiger partial charge in [0.15, 0.2) is 0 Å². The highest BCUT2D eigenvalue weighted by Crippen LogP contribution is 2.24. The van der Waals surface area contributed by atoms with Crippen LogP contribution in [-0.4, -0.2) is 16.1 Å². The van der Waals surface area contributed by atoms with Crippen LogP contribution in [0.15, 0.2) is 24.3 Å². The van der Waals surface area contributed by atoms with Gasteiger partial charge < -0.3 is 5.32 Å². The Balaban J connectivity index is 2.10. The summed E-state index contributed by atoms with van der Waals surface area (Å²) in [7, 11) is 0. The molecule has 4 heteroatoms. The minimum absolute atomic E-state index is 0.859. The Bertz CT molecular complexity index is 490. The fraction of sp³-hybridized carbons (Fsp3) is 0.467. The third-order valence-electron chi connectivity index (χ3n) is 3.03. The van der Waals surface area contributed by atoms with Crippen molar-refractivity contribution in [3.05, 3.63) is 34.7 Å². The number of benzene rings is 1. The molecule has 0 saturated heterocycles. The average Bonchev–Trinajstić information content (AvgIpc) is 2.89. The molecule has 2 rings (SSSR count). The summed E-state index contributed by atoms with van der Waals surface area (Å²) >= 11 is 1.49. The van der Waals surface area contributed by atoms with E-state index in [9.17, 15) is 0 Å². The van der Waals surface area contributed by atoms with Crippen molar-refractivity contribution >= 4 is 11.5 Å². The predicted octanol–water partition coefficient (Wildman–Crippen LogP) is 3.66. The number of nitrogens with zero attached hydrogens (tertiary/aromatic N) is 2. The SMILES string of the molecule is CCCNCc1snnc1-c1ccc(CCC)cc1. The van der Waals surface area contributed by atoms with Gasteiger partial charge >= 0.3 is 0 Å². The fourth-order valence-electron chi connectivity index (χ4n) is 2.04. The van der Waals surface area contributed by atoms with Gasteiger partial charge in [0.1, 0.15) is 5.69 Å². The van der Waals surface area contributed by atoms with Gasteiger partial charge in [0.2, 0.25) is 0 Å². The van der Waals surface area contributed by atoms with E-state index < -0.39 is 0 Å². The molecule has 1 aromatic heterocycles. The number of rotatable bonds is 7. The number of aryl methyl sites for hydroxylation is 1. The Morgan fingerprint density at radius 1 is 1.11 bits per heavy atom. The number of hydrogen-bond donors (Lipinski definition) is 1. The highest BCUT2D eigenvalue weighted by atomic mass is 32.1. The summed E-state index contributed by atoms with van der Waals surface area (Å²) in [4.78, 5) is 1.22. The smallest absolute Gasteiger partial charge is 0.110 e. The molecule has 0 saturated carbocycles. The maximum absolute atomic E-state index is 4.27. The topological polar surface area (TPSA) is 37.8 Å². The first-order valence-electron chi connectivity index (χ1n) is 6.96. The summed E-state index contributed by atoms with van der Waals surface area (Å²) in [5, 5.41) is 7.68.